The molecule has 0 saturated heterocycles. The fourth-order valence-electron chi connectivity index (χ4n) is 1.73. The van der Waals surface area contributed by atoms with Gasteiger partial charge in [0.1, 0.15) is 0 Å². The predicted octanol–water partition coefficient (Wildman–Crippen LogP) is 1.71. The summed E-state index contributed by atoms with van der Waals surface area (Å²) in [6.45, 7) is 3.06. The Morgan fingerprint density at radius 3 is 2.61 bits per heavy atom. The van der Waals surface area contributed by atoms with E-state index in [1.807, 2.05) is 12.3 Å². The van der Waals surface area contributed by atoms with E-state index in [2.05, 4.69) is 58.1 Å². The molecule has 0 atom stereocenters. The van der Waals surface area contributed by atoms with Crippen molar-refractivity contribution in [2.75, 3.05) is 32.1 Å². The Bertz CT molecular complexity index is 439. The van der Waals surface area contributed by atoms with Crippen molar-refractivity contribution in [1.82, 2.24) is 9.88 Å². The molecule has 0 bridgehead atoms. The molecule has 2 heterocycles. The molecule has 3 nitrogen and oxygen atoms in total. The van der Waals surface area contributed by atoms with Crippen LogP contribution in [0.2, 0.25) is 0 Å². The summed E-state index contributed by atoms with van der Waals surface area (Å²) in [5.74, 6) is 1.07. The number of nitrogens with zero attached hydrogens (tertiary/aromatic N) is 3. The van der Waals surface area contributed by atoms with E-state index >= 15 is 0 Å². The average molecular weight is 308 g/mol. The quantitative estimate of drug-likeness (QED) is 0.757. The van der Waals surface area contributed by atoms with Crippen LogP contribution in [0, 0.1) is 0 Å². The van der Waals surface area contributed by atoms with E-state index < -0.39 is 0 Å². The molecule has 0 saturated carbocycles. The molecule has 0 radical (unpaired) electrons. The second-order valence-corrected chi connectivity index (χ2v) is 6.66. The molecule has 96 valence electrons. The van der Waals surface area contributed by atoms with Crippen molar-refractivity contribution in [3.63, 3.8) is 0 Å². The normalized spacial score (nSPS) is 10.8. The topological polar surface area (TPSA) is 19.4 Å². The van der Waals surface area contributed by atoms with Gasteiger partial charge in [-0.05, 0) is 0 Å². The van der Waals surface area contributed by atoms with Crippen molar-refractivity contribution >= 4 is 20.3 Å². The van der Waals surface area contributed by atoms with Crippen molar-refractivity contribution in [1.29, 1.82) is 0 Å². The van der Waals surface area contributed by atoms with Crippen molar-refractivity contribution in [3.8, 4) is 0 Å². The van der Waals surface area contributed by atoms with E-state index in [9.17, 15) is 0 Å². The van der Waals surface area contributed by atoms with Crippen LogP contribution in [0.3, 0.4) is 0 Å². The average Bonchev–Trinajstić information content (AvgIpc) is 2.88. The second-order valence-electron chi connectivity index (χ2n) is 4.49. The van der Waals surface area contributed by atoms with Crippen LogP contribution in [-0.4, -0.2) is 51.6 Å². The number of aromatic nitrogens is 1. The molecule has 0 fully saturated rings. The minimum absolute atomic E-state index is 0.533. The zero-order valence-corrected chi connectivity index (χ0v) is 12.6. The van der Waals surface area contributed by atoms with Crippen LogP contribution in [0.15, 0.2) is 41.5 Å². The number of pyridine rings is 1. The van der Waals surface area contributed by atoms with E-state index in [0.717, 1.165) is 25.5 Å². The molecule has 0 aliphatic carbocycles. The molecule has 0 spiro atoms. The van der Waals surface area contributed by atoms with Gasteiger partial charge in [0, 0.05) is 0 Å². The van der Waals surface area contributed by atoms with E-state index in [4.69, 9.17) is 0 Å². The number of hydrogen-bond donors (Lipinski definition) is 0. The van der Waals surface area contributed by atoms with Gasteiger partial charge < -0.3 is 0 Å². The molecular formula is C14H19N3Se. The predicted molar refractivity (Wildman–Crippen MR) is 77.2 cm³/mol. The molecule has 2 rings (SSSR count). The molecule has 0 unspecified atom stereocenters. The van der Waals surface area contributed by atoms with E-state index in [0.29, 0.717) is 14.5 Å². The van der Waals surface area contributed by atoms with Crippen LogP contribution < -0.4 is 4.90 Å². The summed E-state index contributed by atoms with van der Waals surface area (Å²) in [5.41, 5.74) is 0. The Hall–Kier alpha value is -1.09. The Balaban J connectivity index is 2.07. The van der Waals surface area contributed by atoms with Gasteiger partial charge in [0.15, 0.2) is 0 Å². The summed E-state index contributed by atoms with van der Waals surface area (Å²) in [7, 11) is 4.22. The third-order valence-electron chi connectivity index (χ3n) is 2.72. The first kappa shape index (κ1) is 13.3. The molecule has 4 heteroatoms. The summed E-state index contributed by atoms with van der Waals surface area (Å²) < 4.78 is 1.52. The SMILES string of the molecule is CN(C)CCN(Cc1ccc[se]1)c1ccccn1. The first-order valence-corrected chi connectivity index (χ1v) is 7.93. The first-order chi connectivity index (χ1) is 8.75. The van der Waals surface area contributed by atoms with Crippen LogP contribution in [0.5, 0.6) is 0 Å². The Labute approximate surface area is 115 Å². The van der Waals surface area contributed by atoms with Gasteiger partial charge in [0.05, 0.1) is 0 Å². The van der Waals surface area contributed by atoms with Gasteiger partial charge in [-0.1, -0.05) is 0 Å². The second kappa shape index (κ2) is 6.74. The van der Waals surface area contributed by atoms with Gasteiger partial charge in [-0.2, -0.15) is 0 Å². The maximum atomic E-state index is 4.47. The molecule has 18 heavy (non-hydrogen) atoms. The van der Waals surface area contributed by atoms with Crippen LogP contribution in [0.4, 0.5) is 5.82 Å². The molecule has 0 amide bonds. The molecule has 2 aromatic rings. The van der Waals surface area contributed by atoms with Crippen LogP contribution >= 0.6 is 0 Å². The number of anilines is 1. The number of rotatable bonds is 6. The Morgan fingerprint density at radius 1 is 1.11 bits per heavy atom. The molecule has 0 N–H and O–H groups in total. The summed E-state index contributed by atoms with van der Waals surface area (Å²) >= 11 is 0.533. The molecule has 0 aromatic carbocycles. The standard InChI is InChI=1S/C14H19N3Se/c1-16(2)9-10-17(12-13-6-5-11-18-13)14-7-3-4-8-15-14/h3-8,11H,9-10,12H2,1-2H3. The van der Waals surface area contributed by atoms with Crippen LogP contribution in [0.25, 0.3) is 0 Å². The zero-order valence-electron chi connectivity index (χ0n) is 10.9. The minimum atomic E-state index is 0.533. The van der Waals surface area contributed by atoms with Crippen molar-refractivity contribution < 1.29 is 0 Å². The van der Waals surface area contributed by atoms with Crippen molar-refractivity contribution in [3.05, 3.63) is 45.9 Å². The molecule has 2 aromatic heterocycles. The summed E-state index contributed by atoms with van der Waals surface area (Å²) in [6, 6.07) is 10.5. The van der Waals surface area contributed by atoms with Crippen molar-refractivity contribution in [2.24, 2.45) is 0 Å². The molecule has 0 aliphatic heterocycles. The van der Waals surface area contributed by atoms with Crippen LogP contribution in [-0.2, 0) is 6.54 Å². The molecular weight excluding hydrogens is 289 g/mol. The van der Waals surface area contributed by atoms with Crippen molar-refractivity contribution in [2.45, 2.75) is 6.54 Å². The first-order valence-electron chi connectivity index (χ1n) is 6.09. The van der Waals surface area contributed by atoms with Gasteiger partial charge in [0.2, 0.25) is 0 Å². The summed E-state index contributed by atoms with van der Waals surface area (Å²) in [4.78, 5) is 11.3. The third-order valence-corrected chi connectivity index (χ3v) is 4.52. The van der Waals surface area contributed by atoms with E-state index in [1.54, 1.807) is 0 Å². The fourth-order valence-corrected chi connectivity index (χ4v) is 3.24. The van der Waals surface area contributed by atoms with Gasteiger partial charge in [-0.25, -0.2) is 0 Å². The number of likely N-dealkylation sites (N-methyl/N-ethyl adjacent to an activating group) is 1. The van der Waals surface area contributed by atoms with Gasteiger partial charge in [-0.15, -0.1) is 0 Å². The zero-order chi connectivity index (χ0) is 12.8. The van der Waals surface area contributed by atoms with Crippen LogP contribution in [0.1, 0.15) is 4.44 Å². The monoisotopic (exact) mass is 309 g/mol. The Morgan fingerprint density at radius 2 is 2.00 bits per heavy atom. The fraction of sp³-hybridized carbons (Fsp3) is 0.357. The summed E-state index contributed by atoms with van der Waals surface area (Å²) in [5, 5.41) is 0. The molecule has 0 aliphatic rings. The van der Waals surface area contributed by atoms with E-state index in [-0.39, 0.29) is 0 Å². The van der Waals surface area contributed by atoms with Gasteiger partial charge >= 0.3 is 115 Å². The van der Waals surface area contributed by atoms with E-state index in [1.165, 1.54) is 4.44 Å². The Kier molecular flexibility index (Phi) is 5.00. The third kappa shape index (κ3) is 3.98. The number of hydrogen-bond acceptors (Lipinski definition) is 3. The van der Waals surface area contributed by atoms with Gasteiger partial charge in [0.25, 0.3) is 0 Å². The summed E-state index contributed by atoms with van der Waals surface area (Å²) in [6.07, 6.45) is 1.87. The maximum absolute atomic E-state index is 4.47. The van der Waals surface area contributed by atoms with Gasteiger partial charge in [-0.3, -0.25) is 0 Å².